The van der Waals surface area contributed by atoms with Gasteiger partial charge in [-0.05, 0) is 30.7 Å². The molecule has 1 heterocycles. The molecule has 0 fully saturated rings. The van der Waals surface area contributed by atoms with Gasteiger partial charge in [-0.15, -0.1) is 0 Å². The van der Waals surface area contributed by atoms with Crippen LogP contribution in [0.3, 0.4) is 0 Å². The summed E-state index contributed by atoms with van der Waals surface area (Å²) in [5.74, 6) is 1.01. The molecule has 0 saturated carbocycles. The lowest BCUT2D eigenvalue weighted by molar-refractivity contribution is 0.456. The highest BCUT2D eigenvalue weighted by Crippen LogP contribution is 2.11. The van der Waals surface area contributed by atoms with Crippen LogP contribution in [-0.2, 0) is 13.0 Å². The van der Waals surface area contributed by atoms with Gasteiger partial charge < -0.3 is 15.5 Å². The van der Waals surface area contributed by atoms with Crippen LogP contribution in [-0.4, -0.2) is 6.04 Å². The molecule has 1 aromatic heterocycles. The number of anilines is 1. The first kappa shape index (κ1) is 11.7. The second-order valence-corrected chi connectivity index (χ2v) is 4.26. The fourth-order valence-electron chi connectivity index (χ4n) is 1.78. The number of rotatable bonds is 5. The predicted octanol–water partition coefficient (Wildman–Crippen LogP) is 2.58. The molecular weight excluding hydrogens is 212 g/mol. The number of furan rings is 1. The van der Waals surface area contributed by atoms with E-state index in [9.17, 15) is 0 Å². The van der Waals surface area contributed by atoms with Crippen molar-refractivity contribution in [3.63, 3.8) is 0 Å². The molecule has 90 valence electrons. The summed E-state index contributed by atoms with van der Waals surface area (Å²) >= 11 is 0. The Bertz CT molecular complexity index is 451. The Morgan fingerprint density at radius 2 is 2.06 bits per heavy atom. The number of hydrogen-bond donors (Lipinski definition) is 2. The van der Waals surface area contributed by atoms with Crippen molar-refractivity contribution in [1.29, 1.82) is 0 Å². The zero-order valence-electron chi connectivity index (χ0n) is 10.0. The van der Waals surface area contributed by atoms with E-state index in [0.29, 0.717) is 6.04 Å². The lowest BCUT2D eigenvalue weighted by Crippen LogP contribution is -2.27. The molecule has 17 heavy (non-hydrogen) atoms. The SMILES string of the molecule is CC(Cc1ccco1)NCc1ccccc1N. The maximum atomic E-state index is 5.88. The Hall–Kier alpha value is -1.74. The van der Waals surface area contributed by atoms with Gasteiger partial charge in [-0.2, -0.15) is 0 Å². The smallest absolute Gasteiger partial charge is 0.105 e. The van der Waals surface area contributed by atoms with Crippen LogP contribution < -0.4 is 11.1 Å². The third-order valence-electron chi connectivity index (χ3n) is 2.78. The molecule has 0 aliphatic carbocycles. The van der Waals surface area contributed by atoms with Crippen LogP contribution in [0.1, 0.15) is 18.2 Å². The number of nitrogens with two attached hydrogens (primary N) is 1. The molecule has 0 bridgehead atoms. The Labute approximate surface area is 102 Å². The molecule has 0 aliphatic heterocycles. The highest BCUT2D eigenvalue weighted by atomic mass is 16.3. The Balaban J connectivity index is 1.84. The molecule has 1 aromatic carbocycles. The minimum absolute atomic E-state index is 0.362. The molecule has 1 atom stereocenters. The van der Waals surface area contributed by atoms with Crippen molar-refractivity contribution in [3.05, 3.63) is 54.0 Å². The van der Waals surface area contributed by atoms with Crippen LogP contribution >= 0.6 is 0 Å². The van der Waals surface area contributed by atoms with Crippen molar-refractivity contribution in [3.8, 4) is 0 Å². The summed E-state index contributed by atoms with van der Waals surface area (Å²) in [4.78, 5) is 0. The normalized spacial score (nSPS) is 12.5. The van der Waals surface area contributed by atoms with Crippen LogP contribution in [0, 0.1) is 0 Å². The van der Waals surface area contributed by atoms with Gasteiger partial charge in [0.1, 0.15) is 5.76 Å². The van der Waals surface area contributed by atoms with Crippen LogP contribution in [0.5, 0.6) is 0 Å². The molecule has 3 N–H and O–H groups in total. The summed E-state index contributed by atoms with van der Waals surface area (Å²) < 4.78 is 5.32. The first-order valence-electron chi connectivity index (χ1n) is 5.85. The van der Waals surface area contributed by atoms with Crippen molar-refractivity contribution in [2.45, 2.75) is 25.9 Å². The van der Waals surface area contributed by atoms with E-state index in [0.717, 1.165) is 30.0 Å². The molecule has 1 unspecified atom stereocenters. The molecule has 0 aliphatic rings. The average molecular weight is 230 g/mol. The number of hydrogen-bond acceptors (Lipinski definition) is 3. The molecule has 0 saturated heterocycles. The first-order valence-corrected chi connectivity index (χ1v) is 5.85. The number of nitrogens with one attached hydrogen (secondary N) is 1. The minimum Gasteiger partial charge on any atom is -0.469 e. The average Bonchev–Trinajstić information content (AvgIpc) is 2.81. The monoisotopic (exact) mass is 230 g/mol. The third kappa shape index (κ3) is 3.36. The minimum atomic E-state index is 0.362. The fraction of sp³-hybridized carbons (Fsp3) is 0.286. The van der Waals surface area contributed by atoms with E-state index in [1.54, 1.807) is 6.26 Å². The second kappa shape index (κ2) is 5.55. The van der Waals surface area contributed by atoms with E-state index in [2.05, 4.69) is 12.2 Å². The summed E-state index contributed by atoms with van der Waals surface area (Å²) in [6, 6.07) is 12.2. The van der Waals surface area contributed by atoms with Crippen molar-refractivity contribution < 1.29 is 4.42 Å². The molecule has 3 nitrogen and oxygen atoms in total. The third-order valence-corrected chi connectivity index (χ3v) is 2.78. The predicted molar refractivity (Wildman–Crippen MR) is 69.6 cm³/mol. The zero-order valence-corrected chi connectivity index (χ0v) is 10.0. The lowest BCUT2D eigenvalue weighted by Gasteiger charge is -2.13. The molecule has 0 spiro atoms. The van der Waals surface area contributed by atoms with Gasteiger partial charge in [-0.3, -0.25) is 0 Å². The van der Waals surface area contributed by atoms with E-state index in [4.69, 9.17) is 10.2 Å². The number of benzene rings is 1. The van der Waals surface area contributed by atoms with Gasteiger partial charge in [-0.1, -0.05) is 18.2 Å². The fourth-order valence-corrected chi connectivity index (χ4v) is 1.78. The molecule has 2 aromatic rings. The summed E-state index contributed by atoms with van der Waals surface area (Å²) in [5.41, 5.74) is 7.86. The molecule has 2 rings (SSSR count). The van der Waals surface area contributed by atoms with Gasteiger partial charge >= 0.3 is 0 Å². The van der Waals surface area contributed by atoms with Crippen molar-refractivity contribution >= 4 is 5.69 Å². The lowest BCUT2D eigenvalue weighted by atomic mass is 10.1. The molecule has 0 amide bonds. The Morgan fingerprint density at radius 3 is 2.76 bits per heavy atom. The zero-order chi connectivity index (χ0) is 12.1. The van der Waals surface area contributed by atoms with Gasteiger partial charge in [-0.25, -0.2) is 0 Å². The van der Waals surface area contributed by atoms with E-state index in [1.807, 2.05) is 36.4 Å². The number of nitrogen functional groups attached to an aromatic ring is 1. The van der Waals surface area contributed by atoms with E-state index < -0.39 is 0 Å². The molecular formula is C14H18N2O. The topological polar surface area (TPSA) is 51.2 Å². The van der Waals surface area contributed by atoms with Crippen molar-refractivity contribution in [1.82, 2.24) is 5.32 Å². The summed E-state index contributed by atoms with van der Waals surface area (Å²) in [5, 5.41) is 3.44. The number of para-hydroxylation sites is 1. The van der Waals surface area contributed by atoms with E-state index in [1.165, 1.54) is 0 Å². The largest absolute Gasteiger partial charge is 0.469 e. The first-order chi connectivity index (χ1) is 8.25. The van der Waals surface area contributed by atoms with Crippen LogP contribution in [0.25, 0.3) is 0 Å². The summed E-state index contributed by atoms with van der Waals surface area (Å²) in [6.07, 6.45) is 2.59. The van der Waals surface area contributed by atoms with E-state index >= 15 is 0 Å². The highest BCUT2D eigenvalue weighted by Gasteiger charge is 2.05. The summed E-state index contributed by atoms with van der Waals surface area (Å²) in [7, 11) is 0. The van der Waals surface area contributed by atoms with Gasteiger partial charge in [0.2, 0.25) is 0 Å². The van der Waals surface area contributed by atoms with Gasteiger partial charge in [0.15, 0.2) is 0 Å². The van der Waals surface area contributed by atoms with Crippen LogP contribution in [0.15, 0.2) is 47.1 Å². The van der Waals surface area contributed by atoms with Crippen LogP contribution in [0.2, 0.25) is 0 Å². The Kier molecular flexibility index (Phi) is 3.83. The molecule has 3 heteroatoms. The van der Waals surface area contributed by atoms with Crippen molar-refractivity contribution in [2.24, 2.45) is 0 Å². The van der Waals surface area contributed by atoms with Crippen molar-refractivity contribution in [2.75, 3.05) is 5.73 Å². The summed E-state index contributed by atoms with van der Waals surface area (Å²) in [6.45, 7) is 2.93. The highest BCUT2D eigenvalue weighted by molar-refractivity contribution is 5.46. The second-order valence-electron chi connectivity index (χ2n) is 4.26. The molecule has 0 radical (unpaired) electrons. The van der Waals surface area contributed by atoms with Crippen LogP contribution in [0.4, 0.5) is 5.69 Å². The Morgan fingerprint density at radius 1 is 1.24 bits per heavy atom. The van der Waals surface area contributed by atoms with Gasteiger partial charge in [0.05, 0.1) is 6.26 Å². The standard InChI is InChI=1S/C14H18N2O/c1-11(9-13-6-4-8-17-13)16-10-12-5-2-3-7-14(12)15/h2-8,11,16H,9-10,15H2,1H3. The van der Waals surface area contributed by atoms with Gasteiger partial charge in [0, 0.05) is 24.7 Å². The maximum Gasteiger partial charge on any atom is 0.105 e. The van der Waals surface area contributed by atoms with E-state index in [-0.39, 0.29) is 0 Å². The quantitative estimate of drug-likeness (QED) is 0.776. The van der Waals surface area contributed by atoms with Gasteiger partial charge in [0.25, 0.3) is 0 Å². The maximum absolute atomic E-state index is 5.88.